The summed E-state index contributed by atoms with van der Waals surface area (Å²) in [4.78, 5) is 0. The molecular formula is C24H13ClO2. The number of fused-ring (bicyclic) bond motifs is 6. The molecule has 0 aliphatic rings. The molecule has 6 rings (SSSR count). The van der Waals surface area contributed by atoms with E-state index in [0.29, 0.717) is 5.02 Å². The molecule has 2 aromatic heterocycles. The molecule has 27 heavy (non-hydrogen) atoms. The van der Waals surface area contributed by atoms with Crippen molar-refractivity contribution in [2.45, 2.75) is 0 Å². The van der Waals surface area contributed by atoms with E-state index in [1.54, 1.807) is 0 Å². The fourth-order valence-corrected chi connectivity index (χ4v) is 4.27. The van der Waals surface area contributed by atoms with Gasteiger partial charge in [-0.3, -0.25) is 0 Å². The van der Waals surface area contributed by atoms with Gasteiger partial charge in [-0.05, 0) is 29.8 Å². The van der Waals surface area contributed by atoms with Crippen molar-refractivity contribution in [2.75, 3.05) is 0 Å². The van der Waals surface area contributed by atoms with Crippen molar-refractivity contribution in [2.24, 2.45) is 0 Å². The van der Waals surface area contributed by atoms with Gasteiger partial charge in [-0.1, -0.05) is 66.2 Å². The van der Waals surface area contributed by atoms with Gasteiger partial charge < -0.3 is 8.83 Å². The van der Waals surface area contributed by atoms with Crippen LogP contribution in [0.1, 0.15) is 0 Å². The van der Waals surface area contributed by atoms with Crippen LogP contribution in [0.5, 0.6) is 0 Å². The highest BCUT2D eigenvalue weighted by Gasteiger charge is 2.18. The summed E-state index contributed by atoms with van der Waals surface area (Å²) < 4.78 is 12.3. The molecule has 2 heterocycles. The largest absolute Gasteiger partial charge is 0.456 e. The van der Waals surface area contributed by atoms with Crippen LogP contribution in [0.3, 0.4) is 0 Å². The summed E-state index contributed by atoms with van der Waals surface area (Å²) in [5, 5.41) is 4.88. The molecular weight excluding hydrogens is 356 g/mol. The van der Waals surface area contributed by atoms with Crippen molar-refractivity contribution in [3.05, 3.63) is 83.9 Å². The minimum absolute atomic E-state index is 0.690. The first-order valence-electron chi connectivity index (χ1n) is 8.81. The fraction of sp³-hybridized carbons (Fsp3) is 0. The number of hydrogen-bond acceptors (Lipinski definition) is 2. The molecule has 3 heteroatoms. The van der Waals surface area contributed by atoms with Crippen LogP contribution in [0, 0.1) is 0 Å². The summed E-state index contributed by atoms with van der Waals surface area (Å²) in [6, 6.07) is 26.2. The standard InChI is InChI=1S/C24H13ClO2/c25-18-10-5-13-21-23(18)22-15(7-4-12-20(22)26-21)17-9-3-8-16-14-6-1-2-11-19(14)27-24(16)17/h1-13H. The Kier molecular flexibility index (Phi) is 2.97. The molecule has 0 unspecified atom stereocenters. The number of rotatable bonds is 1. The van der Waals surface area contributed by atoms with Crippen LogP contribution in [0.25, 0.3) is 55.0 Å². The molecule has 128 valence electrons. The Morgan fingerprint density at radius 1 is 0.519 bits per heavy atom. The minimum Gasteiger partial charge on any atom is -0.456 e. The topological polar surface area (TPSA) is 26.3 Å². The maximum Gasteiger partial charge on any atom is 0.143 e. The van der Waals surface area contributed by atoms with E-state index in [1.807, 2.05) is 48.5 Å². The summed E-state index contributed by atoms with van der Waals surface area (Å²) in [5.41, 5.74) is 5.49. The third-order valence-electron chi connectivity index (χ3n) is 5.17. The first kappa shape index (κ1) is 14.9. The maximum absolute atomic E-state index is 6.54. The van der Waals surface area contributed by atoms with Gasteiger partial charge in [0, 0.05) is 27.1 Å². The zero-order valence-electron chi connectivity index (χ0n) is 14.2. The molecule has 0 bridgehead atoms. The van der Waals surface area contributed by atoms with Gasteiger partial charge in [0.2, 0.25) is 0 Å². The average molecular weight is 369 g/mol. The van der Waals surface area contributed by atoms with Crippen LogP contribution in [-0.2, 0) is 0 Å². The summed E-state index contributed by atoms with van der Waals surface area (Å²) >= 11 is 6.54. The summed E-state index contributed by atoms with van der Waals surface area (Å²) in [6.07, 6.45) is 0. The Bertz CT molecular complexity index is 1490. The third-order valence-corrected chi connectivity index (χ3v) is 5.48. The average Bonchev–Trinajstić information content (AvgIpc) is 3.26. The van der Waals surface area contributed by atoms with Crippen molar-refractivity contribution >= 4 is 55.5 Å². The van der Waals surface area contributed by atoms with Crippen LogP contribution in [0.4, 0.5) is 0 Å². The maximum atomic E-state index is 6.54. The first-order chi connectivity index (χ1) is 13.3. The van der Waals surface area contributed by atoms with Gasteiger partial charge in [-0.15, -0.1) is 0 Å². The summed E-state index contributed by atoms with van der Waals surface area (Å²) in [7, 11) is 0. The molecule has 0 amide bonds. The van der Waals surface area contributed by atoms with E-state index in [1.165, 1.54) is 0 Å². The Morgan fingerprint density at radius 3 is 2.11 bits per heavy atom. The van der Waals surface area contributed by atoms with Crippen LogP contribution in [0.2, 0.25) is 5.02 Å². The Morgan fingerprint density at radius 2 is 1.19 bits per heavy atom. The predicted molar refractivity (Wildman–Crippen MR) is 111 cm³/mol. The smallest absolute Gasteiger partial charge is 0.143 e. The molecule has 0 saturated carbocycles. The van der Waals surface area contributed by atoms with Gasteiger partial charge in [0.15, 0.2) is 0 Å². The van der Waals surface area contributed by atoms with Gasteiger partial charge in [0.25, 0.3) is 0 Å². The Labute approximate surface area is 159 Å². The van der Waals surface area contributed by atoms with Gasteiger partial charge in [-0.25, -0.2) is 0 Å². The third kappa shape index (κ3) is 2.02. The van der Waals surface area contributed by atoms with Gasteiger partial charge in [0.05, 0.1) is 5.02 Å². The van der Waals surface area contributed by atoms with Crippen molar-refractivity contribution in [1.82, 2.24) is 0 Å². The lowest BCUT2D eigenvalue weighted by Gasteiger charge is -2.05. The Hall–Kier alpha value is -3.23. The number of para-hydroxylation sites is 2. The summed E-state index contributed by atoms with van der Waals surface area (Å²) in [5.74, 6) is 0. The van der Waals surface area contributed by atoms with E-state index in [2.05, 4.69) is 30.3 Å². The second kappa shape index (κ2) is 5.38. The zero-order valence-corrected chi connectivity index (χ0v) is 15.0. The van der Waals surface area contributed by atoms with Gasteiger partial charge in [0.1, 0.15) is 22.3 Å². The molecule has 0 fully saturated rings. The highest BCUT2D eigenvalue weighted by molar-refractivity contribution is 6.38. The molecule has 0 N–H and O–H groups in total. The lowest BCUT2D eigenvalue weighted by Crippen LogP contribution is -1.81. The molecule has 0 radical (unpaired) electrons. The van der Waals surface area contributed by atoms with Crippen molar-refractivity contribution < 1.29 is 8.83 Å². The summed E-state index contributed by atoms with van der Waals surface area (Å²) in [6.45, 7) is 0. The monoisotopic (exact) mass is 368 g/mol. The van der Waals surface area contributed by atoms with Crippen molar-refractivity contribution in [3.8, 4) is 11.1 Å². The van der Waals surface area contributed by atoms with Crippen LogP contribution < -0.4 is 0 Å². The lowest BCUT2D eigenvalue weighted by atomic mass is 9.97. The lowest BCUT2D eigenvalue weighted by molar-refractivity contribution is 0.668. The van der Waals surface area contributed by atoms with Crippen molar-refractivity contribution in [1.29, 1.82) is 0 Å². The molecule has 0 aliphatic heterocycles. The van der Waals surface area contributed by atoms with Crippen LogP contribution >= 0.6 is 11.6 Å². The molecule has 2 nitrogen and oxygen atoms in total. The molecule has 0 spiro atoms. The van der Waals surface area contributed by atoms with E-state index in [0.717, 1.165) is 55.0 Å². The van der Waals surface area contributed by atoms with Crippen molar-refractivity contribution in [3.63, 3.8) is 0 Å². The normalized spacial score (nSPS) is 11.9. The number of furan rings is 2. The molecule has 6 aromatic rings. The highest BCUT2D eigenvalue weighted by atomic mass is 35.5. The number of benzene rings is 4. The van der Waals surface area contributed by atoms with E-state index in [-0.39, 0.29) is 0 Å². The SMILES string of the molecule is Clc1cccc2oc3cccc(-c4cccc5c4oc4ccccc45)c3c12. The number of hydrogen-bond donors (Lipinski definition) is 0. The highest BCUT2D eigenvalue weighted by Crippen LogP contribution is 2.43. The predicted octanol–water partition coefficient (Wildman–Crippen LogP) is 7.81. The minimum atomic E-state index is 0.690. The fourth-order valence-electron chi connectivity index (χ4n) is 4.01. The van der Waals surface area contributed by atoms with Gasteiger partial charge in [-0.2, -0.15) is 0 Å². The molecule has 0 aliphatic carbocycles. The molecule has 4 aromatic carbocycles. The van der Waals surface area contributed by atoms with Crippen LogP contribution in [0.15, 0.2) is 87.7 Å². The zero-order chi connectivity index (χ0) is 18.0. The second-order valence-corrected chi connectivity index (χ2v) is 7.08. The van der Waals surface area contributed by atoms with E-state index in [4.69, 9.17) is 20.4 Å². The van der Waals surface area contributed by atoms with Gasteiger partial charge >= 0.3 is 0 Å². The quantitative estimate of drug-likeness (QED) is 0.296. The molecule has 0 atom stereocenters. The van der Waals surface area contributed by atoms with E-state index < -0.39 is 0 Å². The Balaban J connectivity index is 1.80. The first-order valence-corrected chi connectivity index (χ1v) is 9.19. The van der Waals surface area contributed by atoms with E-state index in [9.17, 15) is 0 Å². The second-order valence-electron chi connectivity index (χ2n) is 6.67. The molecule has 0 saturated heterocycles. The number of halogens is 1. The van der Waals surface area contributed by atoms with E-state index >= 15 is 0 Å². The van der Waals surface area contributed by atoms with Crippen LogP contribution in [-0.4, -0.2) is 0 Å².